The van der Waals surface area contributed by atoms with Gasteiger partial charge in [0, 0.05) is 11.8 Å². The second-order valence-electron chi connectivity index (χ2n) is 6.91. The normalized spacial score (nSPS) is 37.3. The van der Waals surface area contributed by atoms with Crippen LogP contribution in [0.4, 0.5) is 0 Å². The molecule has 0 aromatic carbocycles. The number of ketones is 2. The van der Waals surface area contributed by atoms with Crippen molar-refractivity contribution in [1.82, 2.24) is 0 Å². The Morgan fingerprint density at radius 3 is 2.24 bits per heavy atom. The quantitative estimate of drug-likeness (QED) is 0.703. The molecule has 2 heteroatoms. The van der Waals surface area contributed by atoms with Gasteiger partial charge in [-0.15, -0.1) is 0 Å². The molecule has 17 heavy (non-hydrogen) atoms. The molecule has 0 aromatic rings. The maximum atomic E-state index is 12.4. The first-order valence-corrected chi connectivity index (χ1v) is 7.08. The minimum absolute atomic E-state index is 0.181. The molecule has 0 saturated heterocycles. The molecule has 3 fully saturated rings. The van der Waals surface area contributed by atoms with Gasteiger partial charge in [0.15, 0.2) is 0 Å². The van der Waals surface area contributed by atoms with Gasteiger partial charge in [0.25, 0.3) is 0 Å². The molecule has 0 N–H and O–H groups in total. The van der Waals surface area contributed by atoms with Crippen molar-refractivity contribution in [3.05, 3.63) is 0 Å². The van der Waals surface area contributed by atoms with Gasteiger partial charge >= 0.3 is 0 Å². The van der Waals surface area contributed by atoms with Crippen molar-refractivity contribution in [2.45, 2.75) is 52.4 Å². The molecule has 2 nitrogen and oxygen atoms in total. The third kappa shape index (κ3) is 1.96. The summed E-state index contributed by atoms with van der Waals surface area (Å²) in [5.41, 5.74) is -0.703. The molecule has 3 aliphatic rings. The zero-order valence-electron chi connectivity index (χ0n) is 10.9. The molecule has 3 rings (SSSR count). The van der Waals surface area contributed by atoms with Crippen LogP contribution in [0.2, 0.25) is 0 Å². The molecule has 0 heterocycles. The molecule has 2 unspecified atom stereocenters. The largest absolute Gasteiger partial charge is 0.298 e. The lowest BCUT2D eigenvalue weighted by Crippen LogP contribution is -2.48. The molecule has 0 spiro atoms. The van der Waals surface area contributed by atoms with Gasteiger partial charge in [0.1, 0.15) is 11.6 Å². The van der Waals surface area contributed by atoms with E-state index >= 15 is 0 Å². The summed E-state index contributed by atoms with van der Waals surface area (Å²) in [6.07, 6.45) is 6.92. The van der Waals surface area contributed by atoms with Crippen molar-refractivity contribution in [2.24, 2.45) is 29.1 Å². The Labute approximate surface area is 103 Å². The maximum Gasteiger partial charge on any atom is 0.149 e. The standard InChI is InChI=1S/C15H22O2/c1-15(2)13(16)11(7-9-3-4-9)8-12(14(15)17)10-5-6-10/h9-12H,3-8H2,1-2H3. The van der Waals surface area contributed by atoms with Crippen molar-refractivity contribution in [3.63, 3.8) is 0 Å². The number of carbonyl (C=O) groups is 2. The molecular weight excluding hydrogens is 212 g/mol. The van der Waals surface area contributed by atoms with Crippen LogP contribution in [0.1, 0.15) is 52.4 Å². The second kappa shape index (κ2) is 3.66. The minimum Gasteiger partial charge on any atom is -0.298 e. The highest BCUT2D eigenvalue weighted by atomic mass is 16.2. The van der Waals surface area contributed by atoms with E-state index in [0.717, 1.165) is 18.8 Å². The summed E-state index contributed by atoms with van der Waals surface area (Å²) in [6.45, 7) is 3.71. The van der Waals surface area contributed by atoms with Crippen LogP contribution in [0.5, 0.6) is 0 Å². The van der Waals surface area contributed by atoms with Crippen molar-refractivity contribution >= 4 is 11.6 Å². The Hall–Kier alpha value is -0.660. The highest BCUT2D eigenvalue weighted by Gasteiger charge is 2.53. The first kappa shape index (κ1) is 11.4. The van der Waals surface area contributed by atoms with Crippen LogP contribution in [-0.4, -0.2) is 11.6 Å². The fraction of sp³-hybridized carbons (Fsp3) is 0.867. The topological polar surface area (TPSA) is 34.1 Å². The van der Waals surface area contributed by atoms with E-state index < -0.39 is 5.41 Å². The fourth-order valence-corrected chi connectivity index (χ4v) is 3.48. The van der Waals surface area contributed by atoms with Gasteiger partial charge in [-0.25, -0.2) is 0 Å². The zero-order chi connectivity index (χ0) is 12.2. The third-order valence-electron chi connectivity index (χ3n) is 4.98. The summed E-state index contributed by atoms with van der Waals surface area (Å²) in [6, 6.07) is 0. The van der Waals surface area contributed by atoms with Crippen LogP contribution in [-0.2, 0) is 9.59 Å². The molecule has 2 atom stereocenters. The van der Waals surface area contributed by atoms with Crippen LogP contribution in [0.3, 0.4) is 0 Å². The van der Waals surface area contributed by atoms with E-state index in [4.69, 9.17) is 0 Å². The SMILES string of the molecule is CC1(C)C(=O)C(CC2CC2)CC(C2CC2)C1=O. The first-order chi connectivity index (χ1) is 8.00. The van der Waals surface area contributed by atoms with E-state index in [0.29, 0.717) is 5.92 Å². The Balaban J connectivity index is 1.80. The molecule has 0 radical (unpaired) electrons. The molecule has 0 bridgehead atoms. The van der Waals surface area contributed by atoms with E-state index in [-0.39, 0.29) is 23.4 Å². The van der Waals surface area contributed by atoms with Crippen molar-refractivity contribution in [2.75, 3.05) is 0 Å². The Morgan fingerprint density at radius 2 is 1.71 bits per heavy atom. The second-order valence-corrected chi connectivity index (χ2v) is 6.91. The van der Waals surface area contributed by atoms with E-state index in [9.17, 15) is 9.59 Å². The predicted octanol–water partition coefficient (Wildman–Crippen LogP) is 3.00. The van der Waals surface area contributed by atoms with E-state index in [1.807, 2.05) is 13.8 Å². The van der Waals surface area contributed by atoms with Gasteiger partial charge in [-0.05, 0) is 51.4 Å². The van der Waals surface area contributed by atoms with Gasteiger partial charge in [-0.1, -0.05) is 12.8 Å². The molecular formula is C15H22O2. The number of Topliss-reactive ketones (excluding diaryl/α,β-unsaturated/α-hetero) is 2. The zero-order valence-corrected chi connectivity index (χ0v) is 10.9. The summed E-state index contributed by atoms with van der Waals surface area (Å²) < 4.78 is 0. The molecule has 0 aromatic heterocycles. The summed E-state index contributed by atoms with van der Waals surface area (Å²) >= 11 is 0. The minimum atomic E-state index is -0.703. The Kier molecular flexibility index (Phi) is 2.46. The molecule has 94 valence electrons. The highest BCUT2D eigenvalue weighted by molar-refractivity contribution is 6.10. The van der Waals surface area contributed by atoms with Crippen LogP contribution < -0.4 is 0 Å². The predicted molar refractivity (Wildman–Crippen MR) is 65.5 cm³/mol. The lowest BCUT2D eigenvalue weighted by atomic mass is 9.63. The summed E-state index contributed by atoms with van der Waals surface area (Å²) in [4.78, 5) is 24.8. The van der Waals surface area contributed by atoms with Gasteiger partial charge in [0.2, 0.25) is 0 Å². The first-order valence-electron chi connectivity index (χ1n) is 7.08. The monoisotopic (exact) mass is 234 g/mol. The van der Waals surface area contributed by atoms with Crippen LogP contribution >= 0.6 is 0 Å². The summed E-state index contributed by atoms with van der Waals surface area (Å²) in [5.74, 6) is 2.24. The van der Waals surface area contributed by atoms with Gasteiger partial charge in [-0.3, -0.25) is 9.59 Å². The summed E-state index contributed by atoms with van der Waals surface area (Å²) in [5, 5.41) is 0. The highest BCUT2D eigenvalue weighted by Crippen LogP contribution is 2.50. The van der Waals surface area contributed by atoms with Gasteiger partial charge < -0.3 is 0 Å². The average molecular weight is 234 g/mol. The van der Waals surface area contributed by atoms with Crippen molar-refractivity contribution < 1.29 is 9.59 Å². The number of hydrogen-bond acceptors (Lipinski definition) is 2. The molecule has 0 amide bonds. The van der Waals surface area contributed by atoms with E-state index in [2.05, 4.69) is 0 Å². The maximum absolute atomic E-state index is 12.4. The average Bonchev–Trinajstić information content (AvgIpc) is 3.11. The number of carbonyl (C=O) groups excluding carboxylic acids is 2. The van der Waals surface area contributed by atoms with Crippen molar-refractivity contribution in [3.8, 4) is 0 Å². The Bertz CT molecular complexity index is 361. The lowest BCUT2D eigenvalue weighted by molar-refractivity contribution is -0.149. The Morgan fingerprint density at radius 1 is 1.06 bits per heavy atom. The molecule has 0 aliphatic heterocycles. The summed E-state index contributed by atoms with van der Waals surface area (Å²) in [7, 11) is 0. The van der Waals surface area contributed by atoms with Gasteiger partial charge in [0.05, 0.1) is 5.41 Å². The third-order valence-corrected chi connectivity index (χ3v) is 4.98. The fourth-order valence-electron chi connectivity index (χ4n) is 3.48. The van der Waals surface area contributed by atoms with Crippen LogP contribution in [0.15, 0.2) is 0 Å². The van der Waals surface area contributed by atoms with Crippen LogP contribution in [0.25, 0.3) is 0 Å². The molecule has 3 aliphatic carbocycles. The molecule has 3 saturated carbocycles. The number of hydrogen-bond donors (Lipinski definition) is 0. The van der Waals surface area contributed by atoms with Gasteiger partial charge in [-0.2, -0.15) is 0 Å². The van der Waals surface area contributed by atoms with E-state index in [1.165, 1.54) is 25.7 Å². The number of rotatable bonds is 3. The lowest BCUT2D eigenvalue weighted by Gasteiger charge is -2.37. The smallest absolute Gasteiger partial charge is 0.149 e. The van der Waals surface area contributed by atoms with Crippen LogP contribution in [0, 0.1) is 29.1 Å². The van der Waals surface area contributed by atoms with Crippen molar-refractivity contribution in [1.29, 1.82) is 0 Å². The van der Waals surface area contributed by atoms with E-state index in [1.54, 1.807) is 0 Å².